The lowest BCUT2D eigenvalue weighted by molar-refractivity contribution is -0.0600. The maximum absolute atomic E-state index is 11.6. The first-order chi connectivity index (χ1) is 14.9. The lowest BCUT2D eigenvalue weighted by Gasteiger charge is -2.21. The van der Waals surface area contributed by atoms with Gasteiger partial charge in [0.05, 0.1) is 17.9 Å². The van der Waals surface area contributed by atoms with Crippen molar-refractivity contribution in [1.29, 1.82) is 0 Å². The number of nitrogens with two attached hydrogens (primary N) is 1. The van der Waals surface area contributed by atoms with Gasteiger partial charge in [0.15, 0.2) is 5.69 Å². The predicted molar refractivity (Wildman–Crippen MR) is 113 cm³/mol. The molecule has 156 valence electrons. The molecule has 2 aromatic heterocycles. The van der Waals surface area contributed by atoms with Crippen LogP contribution in [0.2, 0.25) is 0 Å². The fraction of sp³-hybridized carbons (Fsp3) is 0.0952. The van der Waals surface area contributed by atoms with Gasteiger partial charge in [-0.1, -0.05) is 18.2 Å². The van der Waals surface area contributed by atoms with Crippen LogP contribution in [0.5, 0.6) is 11.6 Å². The number of hydrogen-bond acceptors (Lipinski definition) is 9. The first-order valence-corrected chi connectivity index (χ1v) is 9.27. The van der Waals surface area contributed by atoms with Gasteiger partial charge in [-0.15, -0.1) is 5.17 Å². The first-order valence-electron chi connectivity index (χ1n) is 9.27. The Hall–Kier alpha value is -4.15. The molecule has 2 heterocycles. The van der Waals surface area contributed by atoms with Crippen molar-refractivity contribution >= 4 is 28.3 Å². The van der Waals surface area contributed by atoms with Gasteiger partial charge in [0, 0.05) is 24.2 Å². The lowest BCUT2D eigenvalue weighted by Crippen LogP contribution is -2.34. The SMILES string of the molecule is Cc1nc(N(C)c2cccc(Oc3cnc(C(=O)N(N)O)cn3)c2)c2ccccc2n1. The van der Waals surface area contributed by atoms with E-state index in [9.17, 15) is 4.79 Å². The van der Waals surface area contributed by atoms with E-state index in [4.69, 9.17) is 15.8 Å². The van der Waals surface area contributed by atoms with E-state index >= 15 is 0 Å². The number of carbonyl (C=O) groups excluding carboxylic acids is 1. The molecule has 0 aliphatic carbocycles. The largest absolute Gasteiger partial charge is 0.437 e. The fourth-order valence-corrected chi connectivity index (χ4v) is 3.02. The molecular formula is C21H19N7O3. The molecule has 2 aromatic carbocycles. The molecule has 0 saturated heterocycles. The zero-order valence-electron chi connectivity index (χ0n) is 16.8. The van der Waals surface area contributed by atoms with E-state index in [1.807, 2.05) is 61.3 Å². The Labute approximate surface area is 177 Å². The molecule has 1 amide bonds. The molecular weight excluding hydrogens is 398 g/mol. The second-order valence-electron chi connectivity index (χ2n) is 6.66. The molecule has 0 aliphatic rings. The molecule has 0 atom stereocenters. The second kappa shape index (κ2) is 8.30. The summed E-state index contributed by atoms with van der Waals surface area (Å²) >= 11 is 0. The Kier molecular flexibility index (Phi) is 5.39. The van der Waals surface area contributed by atoms with Gasteiger partial charge >= 0.3 is 5.91 Å². The van der Waals surface area contributed by atoms with E-state index in [1.165, 1.54) is 12.4 Å². The van der Waals surface area contributed by atoms with Crippen LogP contribution in [0.15, 0.2) is 60.9 Å². The number of amides is 1. The Balaban J connectivity index is 1.60. The molecule has 0 fully saturated rings. The smallest absolute Gasteiger partial charge is 0.312 e. The van der Waals surface area contributed by atoms with E-state index in [0.717, 1.165) is 22.4 Å². The minimum absolute atomic E-state index is 0.0532. The molecule has 4 aromatic rings. The molecule has 4 rings (SSSR count). The molecule has 10 heteroatoms. The van der Waals surface area contributed by atoms with Gasteiger partial charge in [-0.05, 0) is 31.2 Å². The first kappa shape index (κ1) is 20.1. The van der Waals surface area contributed by atoms with Crippen LogP contribution in [0, 0.1) is 6.92 Å². The number of hydrogen-bond donors (Lipinski definition) is 2. The third-order valence-electron chi connectivity index (χ3n) is 4.50. The number of anilines is 2. The van der Waals surface area contributed by atoms with Crippen LogP contribution in [0.4, 0.5) is 11.5 Å². The maximum Gasteiger partial charge on any atom is 0.312 e. The van der Waals surface area contributed by atoms with Crippen LogP contribution in [0.25, 0.3) is 10.9 Å². The molecule has 0 bridgehead atoms. The van der Waals surface area contributed by atoms with Crippen LogP contribution < -0.4 is 15.5 Å². The van der Waals surface area contributed by atoms with Gasteiger partial charge in [0.25, 0.3) is 0 Å². The van der Waals surface area contributed by atoms with Crippen molar-refractivity contribution in [3.8, 4) is 11.6 Å². The highest BCUT2D eigenvalue weighted by molar-refractivity contribution is 5.91. The number of fused-ring (bicyclic) bond motifs is 1. The van der Waals surface area contributed by atoms with E-state index < -0.39 is 5.91 Å². The van der Waals surface area contributed by atoms with E-state index in [-0.39, 0.29) is 16.7 Å². The number of ether oxygens (including phenoxy) is 1. The summed E-state index contributed by atoms with van der Waals surface area (Å²) in [5.41, 5.74) is 1.60. The summed E-state index contributed by atoms with van der Waals surface area (Å²) in [6.07, 6.45) is 2.44. The maximum atomic E-state index is 11.6. The highest BCUT2D eigenvalue weighted by Gasteiger charge is 2.14. The molecule has 0 radical (unpaired) electrons. The molecule has 31 heavy (non-hydrogen) atoms. The number of aromatic nitrogens is 4. The van der Waals surface area contributed by atoms with E-state index in [2.05, 4.69) is 19.9 Å². The minimum atomic E-state index is -0.880. The van der Waals surface area contributed by atoms with Gasteiger partial charge in [0.1, 0.15) is 17.4 Å². The fourth-order valence-electron chi connectivity index (χ4n) is 3.02. The Morgan fingerprint density at radius 1 is 1.06 bits per heavy atom. The van der Waals surface area contributed by atoms with Crippen molar-refractivity contribution in [3.63, 3.8) is 0 Å². The number of hydrazine groups is 1. The lowest BCUT2D eigenvalue weighted by atomic mass is 10.2. The van der Waals surface area contributed by atoms with Gasteiger partial charge in [-0.2, -0.15) is 0 Å². The van der Waals surface area contributed by atoms with Crippen LogP contribution in [0.1, 0.15) is 16.3 Å². The summed E-state index contributed by atoms with van der Waals surface area (Å²) in [4.78, 5) is 30.6. The van der Waals surface area contributed by atoms with Crippen LogP contribution in [0.3, 0.4) is 0 Å². The number of rotatable bonds is 5. The van der Waals surface area contributed by atoms with Crippen LogP contribution in [-0.2, 0) is 0 Å². The molecule has 0 saturated carbocycles. The molecule has 0 unspecified atom stereocenters. The minimum Gasteiger partial charge on any atom is -0.437 e. The molecule has 3 N–H and O–H groups in total. The summed E-state index contributed by atoms with van der Waals surface area (Å²) in [6, 6.07) is 15.2. The Bertz CT molecular complexity index is 1250. The summed E-state index contributed by atoms with van der Waals surface area (Å²) in [5, 5.41) is 9.87. The van der Waals surface area contributed by atoms with Gasteiger partial charge in [-0.3, -0.25) is 10.0 Å². The highest BCUT2D eigenvalue weighted by Crippen LogP contribution is 2.31. The van der Waals surface area contributed by atoms with Crippen molar-refractivity contribution < 1.29 is 14.7 Å². The number of aryl methyl sites for hydroxylation is 1. The zero-order valence-corrected chi connectivity index (χ0v) is 16.8. The standard InChI is InChI=1S/C21H19N7O3/c1-13-25-17-9-4-3-8-16(17)20(26-13)27(2)14-6-5-7-15(10-14)31-19-12-23-18(11-24-19)21(29)28(22)30/h3-12,30H,22H2,1-2H3. The Morgan fingerprint density at radius 2 is 1.87 bits per heavy atom. The number of hydroxylamine groups is 1. The molecule has 0 spiro atoms. The Morgan fingerprint density at radius 3 is 2.61 bits per heavy atom. The van der Waals surface area contributed by atoms with Crippen molar-refractivity contribution in [1.82, 2.24) is 25.1 Å². The highest BCUT2D eigenvalue weighted by atomic mass is 16.5. The third-order valence-corrected chi connectivity index (χ3v) is 4.50. The van der Waals surface area contributed by atoms with Crippen molar-refractivity contribution in [3.05, 3.63) is 72.4 Å². The number of carbonyl (C=O) groups is 1. The summed E-state index contributed by atoms with van der Waals surface area (Å²) in [7, 11) is 1.92. The van der Waals surface area contributed by atoms with Gasteiger partial charge in [0.2, 0.25) is 5.88 Å². The summed E-state index contributed by atoms with van der Waals surface area (Å²) in [5.74, 6) is 6.27. The number of nitrogens with zero attached hydrogens (tertiary/aromatic N) is 6. The normalized spacial score (nSPS) is 10.7. The molecule has 10 nitrogen and oxygen atoms in total. The van der Waals surface area contributed by atoms with Crippen LogP contribution >= 0.6 is 0 Å². The van der Waals surface area contributed by atoms with Crippen molar-refractivity contribution in [2.24, 2.45) is 5.84 Å². The monoisotopic (exact) mass is 417 g/mol. The van der Waals surface area contributed by atoms with Gasteiger partial charge in [-0.25, -0.2) is 25.8 Å². The summed E-state index contributed by atoms with van der Waals surface area (Å²) in [6.45, 7) is 1.86. The van der Waals surface area contributed by atoms with E-state index in [1.54, 1.807) is 6.07 Å². The molecule has 0 aliphatic heterocycles. The number of benzene rings is 2. The average Bonchev–Trinajstić information content (AvgIpc) is 2.78. The van der Waals surface area contributed by atoms with Gasteiger partial charge < -0.3 is 9.64 Å². The quantitative estimate of drug-likeness (QED) is 0.218. The van der Waals surface area contributed by atoms with Crippen molar-refractivity contribution in [2.75, 3.05) is 11.9 Å². The van der Waals surface area contributed by atoms with E-state index in [0.29, 0.717) is 11.6 Å². The summed E-state index contributed by atoms with van der Waals surface area (Å²) < 4.78 is 5.76. The zero-order chi connectivity index (χ0) is 22.0. The van der Waals surface area contributed by atoms with Crippen LogP contribution in [-0.4, -0.2) is 43.3 Å². The average molecular weight is 417 g/mol. The topological polar surface area (TPSA) is 131 Å². The number of para-hydroxylation sites is 1. The predicted octanol–water partition coefficient (Wildman–Crippen LogP) is 2.99. The van der Waals surface area contributed by atoms with Crippen molar-refractivity contribution in [2.45, 2.75) is 6.92 Å². The third kappa shape index (κ3) is 4.25. The second-order valence-corrected chi connectivity index (χ2v) is 6.66.